The second kappa shape index (κ2) is 10.0. The Morgan fingerprint density at radius 2 is 1.68 bits per heavy atom. The molecular weight excluding hydrogens is 330 g/mol. The van der Waals surface area contributed by atoms with Crippen LogP contribution in [0.4, 0.5) is 0 Å². The smallest absolute Gasteiger partial charge is 0.167 e. The van der Waals surface area contributed by atoms with Crippen LogP contribution in [0.2, 0.25) is 0 Å². The second-order valence-corrected chi connectivity index (χ2v) is 6.58. The second-order valence-electron chi connectivity index (χ2n) is 6.17. The van der Waals surface area contributed by atoms with E-state index in [0.29, 0.717) is 5.11 Å². The van der Waals surface area contributed by atoms with E-state index in [1.807, 2.05) is 30.3 Å². The van der Waals surface area contributed by atoms with Gasteiger partial charge in [0.15, 0.2) is 5.11 Å². The van der Waals surface area contributed by atoms with E-state index in [1.165, 1.54) is 5.56 Å². The molecule has 25 heavy (non-hydrogen) atoms. The predicted octanol–water partition coefficient (Wildman–Crippen LogP) is 3.20. The molecule has 0 aliphatic heterocycles. The maximum absolute atomic E-state index is 5.50. The molecule has 0 heterocycles. The van der Waals surface area contributed by atoms with Crippen molar-refractivity contribution < 1.29 is 4.74 Å². The standard InChI is InChI=1S/C20H27N3OS/c1-23(2)15-7-14-21-20(25)22-19(16-8-5-4-6-9-16)17-10-12-18(24-3)13-11-17/h4-6,8-13,19H,7,14-15H2,1-3H3,(H2,21,22,25)/t19-/m0/s1. The van der Waals surface area contributed by atoms with Crippen molar-refractivity contribution in [1.29, 1.82) is 0 Å². The van der Waals surface area contributed by atoms with Crippen LogP contribution in [0, 0.1) is 0 Å². The van der Waals surface area contributed by atoms with Gasteiger partial charge in [-0.15, -0.1) is 0 Å². The van der Waals surface area contributed by atoms with Gasteiger partial charge in [-0.3, -0.25) is 0 Å². The predicted molar refractivity (Wildman–Crippen MR) is 108 cm³/mol. The Balaban J connectivity index is 2.06. The molecular formula is C20H27N3OS. The highest BCUT2D eigenvalue weighted by Crippen LogP contribution is 2.24. The van der Waals surface area contributed by atoms with Crippen LogP contribution in [0.3, 0.4) is 0 Å². The molecule has 2 aromatic carbocycles. The van der Waals surface area contributed by atoms with Gasteiger partial charge in [0.05, 0.1) is 13.2 Å². The molecule has 0 amide bonds. The van der Waals surface area contributed by atoms with Crippen molar-refractivity contribution in [2.75, 3.05) is 34.3 Å². The van der Waals surface area contributed by atoms with Crippen molar-refractivity contribution in [2.24, 2.45) is 0 Å². The largest absolute Gasteiger partial charge is 0.497 e. The van der Waals surface area contributed by atoms with Crippen molar-refractivity contribution in [2.45, 2.75) is 12.5 Å². The van der Waals surface area contributed by atoms with E-state index in [-0.39, 0.29) is 6.04 Å². The lowest BCUT2D eigenvalue weighted by molar-refractivity contribution is 0.400. The number of rotatable bonds is 8. The summed E-state index contributed by atoms with van der Waals surface area (Å²) in [6, 6.07) is 18.4. The van der Waals surface area contributed by atoms with Crippen LogP contribution in [0.25, 0.3) is 0 Å². The van der Waals surface area contributed by atoms with Crippen molar-refractivity contribution in [3.63, 3.8) is 0 Å². The maximum atomic E-state index is 5.50. The summed E-state index contributed by atoms with van der Waals surface area (Å²) in [7, 11) is 5.83. The topological polar surface area (TPSA) is 36.5 Å². The van der Waals surface area contributed by atoms with E-state index in [1.54, 1.807) is 7.11 Å². The number of thiocarbonyl (C=S) groups is 1. The number of methoxy groups -OCH3 is 1. The summed E-state index contributed by atoms with van der Waals surface area (Å²) in [5.41, 5.74) is 2.31. The molecule has 5 heteroatoms. The monoisotopic (exact) mass is 357 g/mol. The molecule has 1 atom stereocenters. The van der Waals surface area contributed by atoms with Crippen molar-refractivity contribution in [3.8, 4) is 5.75 Å². The molecule has 0 bridgehead atoms. The first-order valence-corrected chi connectivity index (χ1v) is 8.89. The van der Waals surface area contributed by atoms with Crippen LogP contribution in [-0.2, 0) is 0 Å². The van der Waals surface area contributed by atoms with Gasteiger partial charge in [-0.1, -0.05) is 42.5 Å². The van der Waals surface area contributed by atoms with Gasteiger partial charge in [-0.2, -0.15) is 0 Å². The first-order valence-electron chi connectivity index (χ1n) is 8.48. The number of nitrogens with zero attached hydrogens (tertiary/aromatic N) is 1. The van der Waals surface area contributed by atoms with Crippen molar-refractivity contribution in [1.82, 2.24) is 15.5 Å². The number of ether oxygens (including phenoxy) is 1. The minimum absolute atomic E-state index is 0.000884. The van der Waals surface area contributed by atoms with E-state index in [2.05, 4.69) is 53.9 Å². The summed E-state index contributed by atoms with van der Waals surface area (Å²) in [6.07, 6.45) is 1.05. The Bertz CT molecular complexity index is 644. The molecule has 0 aromatic heterocycles. The third-order valence-electron chi connectivity index (χ3n) is 3.93. The van der Waals surface area contributed by atoms with Gasteiger partial charge < -0.3 is 20.3 Å². The van der Waals surface area contributed by atoms with Crippen LogP contribution in [-0.4, -0.2) is 44.3 Å². The van der Waals surface area contributed by atoms with Gasteiger partial charge in [-0.25, -0.2) is 0 Å². The van der Waals surface area contributed by atoms with Gasteiger partial charge in [-0.05, 0) is 62.5 Å². The zero-order valence-electron chi connectivity index (χ0n) is 15.2. The molecule has 0 aliphatic rings. The van der Waals surface area contributed by atoms with Gasteiger partial charge in [0, 0.05) is 6.54 Å². The summed E-state index contributed by atoms with van der Waals surface area (Å²) in [6.45, 7) is 1.89. The van der Waals surface area contributed by atoms with Crippen LogP contribution < -0.4 is 15.4 Å². The molecule has 2 rings (SSSR count). The Morgan fingerprint density at radius 1 is 1.04 bits per heavy atom. The van der Waals surface area contributed by atoms with Crippen molar-refractivity contribution in [3.05, 3.63) is 65.7 Å². The SMILES string of the molecule is COc1ccc([C@@H](NC(=S)NCCCN(C)C)c2ccccc2)cc1. The zero-order chi connectivity index (χ0) is 18.1. The lowest BCUT2D eigenvalue weighted by Crippen LogP contribution is -2.39. The fourth-order valence-electron chi connectivity index (χ4n) is 2.58. The molecule has 0 saturated heterocycles. The summed E-state index contributed by atoms with van der Waals surface area (Å²) in [5, 5.41) is 7.41. The Kier molecular flexibility index (Phi) is 7.70. The third-order valence-corrected chi connectivity index (χ3v) is 4.19. The Morgan fingerprint density at radius 3 is 2.28 bits per heavy atom. The molecule has 0 fully saturated rings. The van der Waals surface area contributed by atoms with Gasteiger partial charge in [0.2, 0.25) is 0 Å². The molecule has 0 aliphatic carbocycles. The summed E-state index contributed by atoms with van der Waals surface area (Å²) >= 11 is 5.50. The Labute approximate surface area is 156 Å². The lowest BCUT2D eigenvalue weighted by Gasteiger charge is -2.22. The molecule has 2 aromatic rings. The van der Waals surface area contributed by atoms with Crippen molar-refractivity contribution >= 4 is 17.3 Å². The minimum Gasteiger partial charge on any atom is -0.497 e. The fourth-order valence-corrected chi connectivity index (χ4v) is 2.80. The lowest BCUT2D eigenvalue weighted by atomic mass is 9.99. The first-order chi connectivity index (χ1) is 12.1. The quantitative estimate of drug-likeness (QED) is 0.560. The first kappa shape index (κ1) is 19.2. The van der Waals surface area contributed by atoms with E-state index < -0.39 is 0 Å². The van der Waals surface area contributed by atoms with Crippen LogP contribution in [0.5, 0.6) is 5.75 Å². The van der Waals surface area contributed by atoms with Gasteiger partial charge in [0.25, 0.3) is 0 Å². The third kappa shape index (κ3) is 6.36. The highest BCUT2D eigenvalue weighted by molar-refractivity contribution is 7.80. The van der Waals surface area contributed by atoms with E-state index in [4.69, 9.17) is 17.0 Å². The molecule has 134 valence electrons. The number of hydrogen-bond acceptors (Lipinski definition) is 3. The van der Waals surface area contributed by atoms with Crippen LogP contribution in [0.15, 0.2) is 54.6 Å². The molecule has 4 nitrogen and oxygen atoms in total. The number of nitrogens with one attached hydrogen (secondary N) is 2. The Hall–Kier alpha value is -2.11. The highest BCUT2D eigenvalue weighted by Gasteiger charge is 2.15. The average Bonchev–Trinajstić information content (AvgIpc) is 2.64. The molecule has 0 saturated carbocycles. The number of benzene rings is 2. The molecule has 0 radical (unpaired) electrons. The summed E-state index contributed by atoms with van der Waals surface area (Å²) in [5.74, 6) is 0.847. The molecule has 0 spiro atoms. The maximum Gasteiger partial charge on any atom is 0.167 e. The van der Waals surface area contributed by atoms with E-state index in [0.717, 1.165) is 30.8 Å². The fraction of sp³-hybridized carbons (Fsp3) is 0.350. The minimum atomic E-state index is 0.000884. The van der Waals surface area contributed by atoms with E-state index in [9.17, 15) is 0 Å². The molecule has 0 unspecified atom stereocenters. The average molecular weight is 358 g/mol. The normalized spacial score (nSPS) is 11.8. The highest BCUT2D eigenvalue weighted by atomic mass is 32.1. The van der Waals surface area contributed by atoms with E-state index >= 15 is 0 Å². The number of hydrogen-bond donors (Lipinski definition) is 2. The van der Waals surface area contributed by atoms with Gasteiger partial charge >= 0.3 is 0 Å². The summed E-state index contributed by atoms with van der Waals surface area (Å²) in [4.78, 5) is 2.17. The van der Waals surface area contributed by atoms with Crippen LogP contribution in [0.1, 0.15) is 23.6 Å². The zero-order valence-corrected chi connectivity index (χ0v) is 16.0. The summed E-state index contributed by atoms with van der Waals surface area (Å²) < 4.78 is 5.26. The molecule has 2 N–H and O–H groups in total. The van der Waals surface area contributed by atoms with Crippen LogP contribution >= 0.6 is 12.2 Å². The van der Waals surface area contributed by atoms with Gasteiger partial charge in [0.1, 0.15) is 5.75 Å².